The van der Waals surface area contributed by atoms with Crippen LogP contribution in [0.2, 0.25) is 0 Å². The quantitative estimate of drug-likeness (QED) is 0.607. The lowest BCUT2D eigenvalue weighted by Gasteiger charge is -2.25. The molecule has 1 unspecified atom stereocenters. The average Bonchev–Trinajstić information content (AvgIpc) is 2.30. The molecule has 0 saturated heterocycles. The van der Waals surface area contributed by atoms with Crippen molar-refractivity contribution < 1.29 is 9.53 Å². The third-order valence-corrected chi connectivity index (χ3v) is 2.97. The van der Waals surface area contributed by atoms with E-state index in [0.29, 0.717) is 0 Å². The molecule has 1 aromatic carbocycles. The van der Waals surface area contributed by atoms with Crippen molar-refractivity contribution in [1.29, 1.82) is 0 Å². The highest BCUT2D eigenvalue weighted by molar-refractivity contribution is 9.10. The van der Waals surface area contributed by atoms with Gasteiger partial charge in [0.1, 0.15) is 6.73 Å². The Hall–Kier alpha value is -0.580. The van der Waals surface area contributed by atoms with Crippen molar-refractivity contribution in [3.8, 4) is 0 Å². The van der Waals surface area contributed by atoms with Gasteiger partial charge in [0, 0.05) is 5.69 Å². The topological polar surface area (TPSA) is 29.5 Å². The van der Waals surface area contributed by atoms with Crippen LogP contribution < -0.4 is 4.90 Å². The highest BCUT2D eigenvalue weighted by Gasteiger charge is 2.23. The lowest BCUT2D eigenvalue weighted by atomic mass is 10.2. The van der Waals surface area contributed by atoms with Gasteiger partial charge in [-0.25, -0.2) is 0 Å². The van der Waals surface area contributed by atoms with Crippen LogP contribution in [0, 0.1) is 6.92 Å². The third-order valence-electron chi connectivity index (χ3n) is 2.40. The first-order valence-corrected chi connectivity index (χ1v) is 7.05. The van der Waals surface area contributed by atoms with Crippen molar-refractivity contribution in [1.82, 2.24) is 0 Å². The molecule has 0 saturated carbocycles. The summed E-state index contributed by atoms with van der Waals surface area (Å²) in [5.41, 5.74) is 1.82. The molecule has 100 valence electrons. The fraction of sp³-hybridized carbons (Fsp3) is 0.462. The summed E-state index contributed by atoms with van der Waals surface area (Å²) in [6, 6.07) is 7.64. The maximum absolute atomic E-state index is 12.1. The Bertz CT molecular complexity index is 410. The summed E-state index contributed by atoms with van der Waals surface area (Å²) in [6.45, 7) is 5.98. The number of benzene rings is 1. The predicted octanol–water partition coefficient (Wildman–Crippen LogP) is 3.67. The molecule has 0 aliphatic carbocycles. The molecule has 5 heteroatoms. The molecular formula is C13H17BrClNO2. The largest absolute Gasteiger partial charge is 0.358 e. The van der Waals surface area contributed by atoms with Crippen LogP contribution in [0.4, 0.5) is 5.69 Å². The fourth-order valence-corrected chi connectivity index (χ4v) is 1.82. The number of amides is 1. The van der Waals surface area contributed by atoms with E-state index in [9.17, 15) is 4.79 Å². The van der Waals surface area contributed by atoms with Gasteiger partial charge in [0.15, 0.2) is 4.29 Å². The zero-order chi connectivity index (χ0) is 13.7. The van der Waals surface area contributed by atoms with Crippen LogP contribution in [-0.2, 0) is 9.53 Å². The molecule has 18 heavy (non-hydrogen) atoms. The number of rotatable bonds is 5. The van der Waals surface area contributed by atoms with Crippen molar-refractivity contribution in [2.75, 3.05) is 11.6 Å². The Morgan fingerprint density at radius 1 is 1.44 bits per heavy atom. The molecule has 0 spiro atoms. The van der Waals surface area contributed by atoms with Crippen molar-refractivity contribution in [2.45, 2.75) is 31.2 Å². The molecule has 0 radical (unpaired) electrons. The molecule has 0 N–H and O–H groups in total. The highest BCUT2D eigenvalue weighted by Crippen LogP contribution is 2.22. The first-order chi connectivity index (χ1) is 8.43. The van der Waals surface area contributed by atoms with E-state index in [0.717, 1.165) is 11.3 Å². The number of nitrogens with zero attached hydrogens (tertiary/aromatic N) is 1. The maximum Gasteiger partial charge on any atom is 0.257 e. The van der Waals surface area contributed by atoms with Gasteiger partial charge in [-0.2, -0.15) is 0 Å². The van der Waals surface area contributed by atoms with Crippen molar-refractivity contribution in [3.05, 3.63) is 29.8 Å². The van der Waals surface area contributed by atoms with E-state index in [1.165, 1.54) is 0 Å². The zero-order valence-electron chi connectivity index (χ0n) is 10.7. The van der Waals surface area contributed by atoms with Crippen LogP contribution in [0.3, 0.4) is 0 Å². The minimum Gasteiger partial charge on any atom is -0.358 e. The van der Waals surface area contributed by atoms with E-state index in [2.05, 4.69) is 15.9 Å². The summed E-state index contributed by atoms with van der Waals surface area (Å²) in [5, 5.41) is 0. The monoisotopic (exact) mass is 333 g/mol. The third kappa shape index (κ3) is 4.26. The number of alkyl halides is 2. The summed E-state index contributed by atoms with van der Waals surface area (Å²) in [4.78, 5) is 13.6. The van der Waals surface area contributed by atoms with Crippen LogP contribution in [0.25, 0.3) is 0 Å². The molecular weight excluding hydrogens is 318 g/mol. The Labute approximate surface area is 121 Å². The Kier molecular flexibility index (Phi) is 6.12. The number of hydrogen-bond donors (Lipinski definition) is 0. The first-order valence-electron chi connectivity index (χ1n) is 5.70. The number of ether oxygens (including phenoxy) is 1. The number of aryl methyl sites for hydroxylation is 1. The second kappa shape index (κ2) is 7.12. The fourth-order valence-electron chi connectivity index (χ4n) is 1.46. The van der Waals surface area contributed by atoms with Crippen molar-refractivity contribution in [3.63, 3.8) is 0 Å². The summed E-state index contributed by atoms with van der Waals surface area (Å²) in [5.74, 6) is -0.230. The first kappa shape index (κ1) is 15.5. The zero-order valence-corrected chi connectivity index (χ0v) is 13.0. The lowest BCUT2D eigenvalue weighted by molar-refractivity contribution is -0.118. The van der Waals surface area contributed by atoms with Crippen molar-refractivity contribution in [2.24, 2.45) is 0 Å². The van der Waals surface area contributed by atoms with Gasteiger partial charge in [0.2, 0.25) is 0 Å². The Balaban J connectivity index is 2.97. The van der Waals surface area contributed by atoms with Crippen LogP contribution in [0.15, 0.2) is 24.3 Å². The Morgan fingerprint density at radius 2 is 2.06 bits per heavy atom. The average molecular weight is 335 g/mol. The minimum absolute atomic E-state index is 0.0495. The second-order valence-corrected chi connectivity index (χ2v) is 6.08. The number of para-hydroxylation sites is 1. The van der Waals surface area contributed by atoms with Crippen LogP contribution >= 0.6 is 27.5 Å². The molecule has 3 nitrogen and oxygen atoms in total. The number of carbonyl (C=O) groups is 1. The van der Waals surface area contributed by atoms with E-state index in [1.807, 2.05) is 45.0 Å². The molecule has 0 aromatic heterocycles. The van der Waals surface area contributed by atoms with E-state index in [4.69, 9.17) is 16.3 Å². The van der Waals surface area contributed by atoms with Gasteiger partial charge in [0.25, 0.3) is 5.91 Å². The summed E-state index contributed by atoms with van der Waals surface area (Å²) < 4.78 is 4.75. The van der Waals surface area contributed by atoms with E-state index in [1.54, 1.807) is 4.90 Å². The summed E-state index contributed by atoms with van der Waals surface area (Å²) in [6.07, 6.45) is 0.0495. The molecule has 1 amide bonds. The van der Waals surface area contributed by atoms with E-state index in [-0.39, 0.29) is 18.7 Å². The van der Waals surface area contributed by atoms with Gasteiger partial charge in [-0.1, -0.05) is 45.7 Å². The Morgan fingerprint density at radius 3 is 2.56 bits per heavy atom. The van der Waals surface area contributed by atoms with E-state index >= 15 is 0 Å². The number of halogens is 2. The molecule has 1 atom stereocenters. The van der Waals surface area contributed by atoms with Crippen LogP contribution in [-0.4, -0.2) is 23.0 Å². The standard InChI is InChI=1S/C13H17BrClNO2/c1-9(2)18-8-16(13(17)12(14)15)11-7-5-4-6-10(11)3/h4-7,9,12H,8H2,1-3H3. The molecule has 0 aliphatic rings. The van der Waals surface area contributed by atoms with Gasteiger partial charge < -0.3 is 4.74 Å². The van der Waals surface area contributed by atoms with Gasteiger partial charge in [-0.3, -0.25) is 9.69 Å². The minimum atomic E-state index is -0.757. The maximum atomic E-state index is 12.1. The molecule has 0 bridgehead atoms. The predicted molar refractivity (Wildman–Crippen MR) is 78.3 cm³/mol. The molecule has 1 rings (SSSR count). The SMILES string of the molecule is Cc1ccccc1N(COC(C)C)C(=O)C(Cl)Br. The number of hydrogen-bond acceptors (Lipinski definition) is 2. The normalized spacial score (nSPS) is 12.6. The van der Waals surface area contributed by atoms with Gasteiger partial charge in [-0.05, 0) is 32.4 Å². The lowest BCUT2D eigenvalue weighted by Crippen LogP contribution is -2.38. The molecule has 0 fully saturated rings. The number of anilines is 1. The highest BCUT2D eigenvalue weighted by atomic mass is 79.9. The smallest absolute Gasteiger partial charge is 0.257 e. The van der Waals surface area contributed by atoms with Crippen LogP contribution in [0.5, 0.6) is 0 Å². The second-order valence-electron chi connectivity index (χ2n) is 4.20. The molecule has 0 aliphatic heterocycles. The summed E-state index contributed by atoms with van der Waals surface area (Å²) in [7, 11) is 0. The van der Waals surface area contributed by atoms with E-state index < -0.39 is 4.29 Å². The van der Waals surface area contributed by atoms with Gasteiger partial charge in [-0.15, -0.1) is 0 Å². The molecule has 1 aromatic rings. The number of carbonyl (C=O) groups excluding carboxylic acids is 1. The van der Waals surface area contributed by atoms with Crippen LogP contribution in [0.1, 0.15) is 19.4 Å². The van der Waals surface area contributed by atoms with Crippen molar-refractivity contribution >= 4 is 39.1 Å². The van der Waals surface area contributed by atoms with Gasteiger partial charge in [0.05, 0.1) is 6.10 Å². The summed E-state index contributed by atoms with van der Waals surface area (Å²) >= 11 is 8.90. The molecule has 0 heterocycles. The van der Waals surface area contributed by atoms with Gasteiger partial charge >= 0.3 is 0 Å².